The lowest BCUT2D eigenvalue weighted by atomic mass is 10.1. The number of aromatic nitrogens is 3. The molecule has 0 aliphatic heterocycles. The molecule has 1 N–H and O–H groups in total. The zero-order valence-electron chi connectivity index (χ0n) is 13.3. The predicted molar refractivity (Wildman–Crippen MR) is 89.3 cm³/mol. The Hall–Kier alpha value is -2.89. The molecular weight excluding hydrogens is 306 g/mol. The van der Waals surface area contributed by atoms with Crippen molar-refractivity contribution in [3.8, 4) is 0 Å². The fourth-order valence-electron chi connectivity index (χ4n) is 2.88. The Morgan fingerprint density at radius 1 is 1.42 bits per heavy atom. The monoisotopic (exact) mass is 323 g/mol. The lowest BCUT2D eigenvalue weighted by molar-refractivity contribution is -0.135. The summed E-state index contributed by atoms with van der Waals surface area (Å²) in [6.07, 6.45) is 5.88. The Balaban J connectivity index is 1.82. The molecule has 0 atom stereocenters. The molecule has 0 radical (unpaired) electrons. The van der Waals surface area contributed by atoms with Crippen molar-refractivity contribution in [2.75, 3.05) is 0 Å². The van der Waals surface area contributed by atoms with Gasteiger partial charge in [0.1, 0.15) is 5.52 Å². The normalized spacial score (nSPS) is 15.1. The lowest BCUT2D eigenvalue weighted by Gasteiger charge is -2.04. The Morgan fingerprint density at radius 2 is 2.21 bits per heavy atom. The number of nitrogens with zero attached hydrogens (tertiary/aromatic N) is 3. The van der Waals surface area contributed by atoms with Crippen LogP contribution in [0.5, 0.6) is 0 Å². The third-order valence-electron chi connectivity index (χ3n) is 4.25. The molecule has 1 aromatic carbocycles. The smallest absolute Gasteiger partial charge is 0.308 e. The van der Waals surface area contributed by atoms with E-state index in [-0.39, 0.29) is 6.42 Å². The number of hydrogen-bond donors (Lipinski definition) is 1. The number of benzene rings is 1. The number of oxazole rings is 1. The zero-order valence-corrected chi connectivity index (χ0v) is 13.3. The first-order valence-corrected chi connectivity index (χ1v) is 7.92. The van der Waals surface area contributed by atoms with E-state index in [4.69, 9.17) is 4.42 Å². The van der Waals surface area contributed by atoms with Crippen molar-refractivity contribution in [1.29, 1.82) is 0 Å². The molecule has 1 fully saturated rings. The van der Waals surface area contributed by atoms with E-state index in [9.17, 15) is 9.90 Å². The van der Waals surface area contributed by atoms with Crippen molar-refractivity contribution >= 4 is 28.7 Å². The average Bonchev–Trinajstić information content (AvgIpc) is 3.19. The maximum atomic E-state index is 11.3. The third kappa shape index (κ3) is 2.71. The van der Waals surface area contributed by atoms with E-state index in [0.29, 0.717) is 23.0 Å². The number of rotatable bonds is 5. The Kier molecular flexibility index (Phi) is 3.45. The molecule has 1 aliphatic carbocycles. The van der Waals surface area contributed by atoms with Gasteiger partial charge in [-0.2, -0.15) is 5.10 Å². The van der Waals surface area contributed by atoms with Gasteiger partial charge in [-0.15, -0.1) is 0 Å². The molecule has 122 valence electrons. The van der Waals surface area contributed by atoms with Gasteiger partial charge in [0.05, 0.1) is 18.3 Å². The van der Waals surface area contributed by atoms with E-state index in [1.54, 1.807) is 4.68 Å². The van der Waals surface area contributed by atoms with Crippen molar-refractivity contribution in [2.45, 2.75) is 25.2 Å². The molecule has 6 nitrogen and oxygen atoms in total. The molecule has 24 heavy (non-hydrogen) atoms. The Bertz CT molecular complexity index is 914. The molecule has 0 spiro atoms. The number of carboxylic acids is 1. The summed E-state index contributed by atoms with van der Waals surface area (Å²) in [7, 11) is 1.86. The number of hydrogen-bond acceptors (Lipinski definition) is 4. The van der Waals surface area contributed by atoms with Crippen LogP contribution in [-0.2, 0) is 11.8 Å². The summed E-state index contributed by atoms with van der Waals surface area (Å²) in [6.45, 7) is 0. The van der Waals surface area contributed by atoms with Gasteiger partial charge in [0.2, 0.25) is 5.89 Å². The highest BCUT2D eigenvalue weighted by Gasteiger charge is 2.28. The minimum absolute atomic E-state index is 0.151. The van der Waals surface area contributed by atoms with Gasteiger partial charge in [0.25, 0.3) is 0 Å². The van der Waals surface area contributed by atoms with Gasteiger partial charge < -0.3 is 9.52 Å². The van der Waals surface area contributed by atoms with Crippen LogP contribution in [0.3, 0.4) is 0 Å². The van der Waals surface area contributed by atoms with Crippen molar-refractivity contribution in [1.82, 2.24) is 14.8 Å². The van der Waals surface area contributed by atoms with Gasteiger partial charge in [-0.05, 0) is 37.0 Å². The SMILES string of the molecule is Cn1ncc(C2CC2)c1/C=C(\CC(=O)O)c1nc2ccccc2o1. The van der Waals surface area contributed by atoms with Gasteiger partial charge in [-0.25, -0.2) is 4.98 Å². The van der Waals surface area contributed by atoms with Gasteiger partial charge in [0.15, 0.2) is 5.58 Å². The minimum atomic E-state index is -0.918. The second-order valence-corrected chi connectivity index (χ2v) is 6.11. The predicted octanol–water partition coefficient (Wildman–Crippen LogP) is 3.45. The second kappa shape index (κ2) is 5.63. The van der Waals surface area contributed by atoms with Crippen molar-refractivity contribution in [3.63, 3.8) is 0 Å². The van der Waals surface area contributed by atoms with Crippen LogP contribution in [0.4, 0.5) is 0 Å². The molecule has 0 saturated heterocycles. The maximum Gasteiger partial charge on any atom is 0.308 e. The molecule has 4 rings (SSSR count). The van der Waals surface area contributed by atoms with Crippen LogP contribution in [0, 0.1) is 0 Å². The average molecular weight is 323 g/mol. The molecule has 2 heterocycles. The molecular formula is C18H17N3O3. The summed E-state index contributed by atoms with van der Waals surface area (Å²) in [5, 5.41) is 13.6. The van der Waals surface area contributed by atoms with Crippen molar-refractivity contribution in [2.24, 2.45) is 7.05 Å². The van der Waals surface area contributed by atoms with Crippen molar-refractivity contribution < 1.29 is 14.3 Å². The van der Waals surface area contributed by atoms with Crippen LogP contribution in [0.25, 0.3) is 22.7 Å². The number of aliphatic carboxylic acids is 1. The summed E-state index contributed by atoms with van der Waals surface area (Å²) in [5.41, 5.74) is 4.00. The summed E-state index contributed by atoms with van der Waals surface area (Å²) in [5.74, 6) is -0.0418. The van der Waals surface area contributed by atoms with E-state index >= 15 is 0 Å². The van der Waals surface area contributed by atoms with Crippen LogP contribution in [0.1, 0.15) is 42.3 Å². The van der Waals surface area contributed by atoms with Gasteiger partial charge >= 0.3 is 5.97 Å². The van der Waals surface area contributed by atoms with Crippen LogP contribution >= 0.6 is 0 Å². The number of para-hydroxylation sites is 2. The third-order valence-corrected chi connectivity index (χ3v) is 4.25. The van der Waals surface area contributed by atoms with Crippen LogP contribution in [0.2, 0.25) is 0 Å². The fraction of sp³-hybridized carbons (Fsp3) is 0.278. The van der Waals surface area contributed by atoms with Crippen LogP contribution in [-0.4, -0.2) is 25.8 Å². The number of fused-ring (bicyclic) bond motifs is 1. The highest BCUT2D eigenvalue weighted by atomic mass is 16.4. The molecule has 6 heteroatoms. The van der Waals surface area contributed by atoms with E-state index < -0.39 is 5.97 Å². The molecule has 0 amide bonds. The minimum Gasteiger partial charge on any atom is -0.481 e. The number of carbonyl (C=O) groups is 1. The van der Waals surface area contributed by atoms with Crippen molar-refractivity contribution in [3.05, 3.63) is 47.6 Å². The quantitative estimate of drug-likeness (QED) is 0.777. The summed E-state index contributed by atoms with van der Waals surface area (Å²) >= 11 is 0. The first-order chi connectivity index (χ1) is 11.6. The molecule has 3 aromatic rings. The highest BCUT2D eigenvalue weighted by Crippen LogP contribution is 2.42. The number of carboxylic acid groups (broad SMARTS) is 1. The first-order valence-electron chi connectivity index (χ1n) is 7.92. The van der Waals surface area contributed by atoms with Gasteiger partial charge in [-0.1, -0.05) is 12.1 Å². The van der Waals surface area contributed by atoms with E-state index in [0.717, 1.165) is 29.6 Å². The van der Waals surface area contributed by atoms with E-state index in [2.05, 4.69) is 10.1 Å². The molecule has 1 aliphatic rings. The molecule has 0 unspecified atom stereocenters. The topological polar surface area (TPSA) is 81.2 Å². The summed E-state index contributed by atoms with van der Waals surface area (Å²) in [4.78, 5) is 15.7. The highest BCUT2D eigenvalue weighted by molar-refractivity contribution is 5.91. The lowest BCUT2D eigenvalue weighted by Crippen LogP contribution is -2.00. The van der Waals surface area contributed by atoms with Gasteiger partial charge in [-0.3, -0.25) is 9.48 Å². The summed E-state index contributed by atoms with van der Waals surface area (Å²) in [6, 6.07) is 7.41. The maximum absolute atomic E-state index is 11.3. The van der Waals surface area contributed by atoms with Crippen LogP contribution in [0.15, 0.2) is 34.9 Å². The number of aryl methyl sites for hydroxylation is 1. The zero-order chi connectivity index (χ0) is 16.7. The summed E-state index contributed by atoms with van der Waals surface area (Å²) < 4.78 is 7.54. The Labute approximate surface area is 138 Å². The second-order valence-electron chi connectivity index (χ2n) is 6.11. The molecule has 1 saturated carbocycles. The largest absolute Gasteiger partial charge is 0.481 e. The van der Waals surface area contributed by atoms with E-state index in [1.165, 1.54) is 0 Å². The van der Waals surface area contributed by atoms with Gasteiger partial charge in [0, 0.05) is 18.2 Å². The Morgan fingerprint density at radius 3 is 2.92 bits per heavy atom. The fourth-order valence-corrected chi connectivity index (χ4v) is 2.88. The molecule has 2 aromatic heterocycles. The van der Waals surface area contributed by atoms with Crippen LogP contribution < -0.4 is 0 Å². The first kappa shape index (κ1) is 14.7. The molecule has 0 bridgehead atoms. The standard InChI is InChI=1S/C18H17N3O3/c1-21-15(13(10-19-21)11-6-7-11)8-12(9-17(22)23)18-20-14-4-2-3-5-16(14)24-18/h2-5,8,10-11H,6-7,9H2,1H3,(H,22,23)/b12-8+. The van der Waals surface area contributed by atoms with E-state index in [1.807, 2.05) is 43.6 Å².